The van der Waals surface area contributed by atoms with E-state index in [9.17, 15) is 15.0 Å². The summed E-state index contributed by atoms with van der Waals surface area (Å²) in [5, 5.41) is 20.5. The molecule has 4 rings (SSSR count). The number of fused-ring (bicyclic) bond motifs is 5. The van der Waals surface area contributed by atoms with Gasteiger partial charge in [-0.15, -0.1) is 0 Å². The molecule has 4 aliphatic carbocycles. The Labute approximate surface area is 126 Å². The summed E-state index contributed by atoms with van der Waals surface area (Å²) in [6, 6.07) is 0. The second-order valence-electron chi connectivity index (χ2n) is 8.10. The molecular weight excluding hydrogens is 264 g/mol. The molecular formula is C18H26O3. The van der Waals surface area contributed by atoms with Crippen LogP contribution in [0.5, 0.6) is 0 Å². The molecule has 2 N–H and O–H groups in total. The number of ketones is 1. The molecule has 0 saturated heterocycles. The molecule has 3 heteroatoms. The number of carbonyl (C=O) groups excluding carboxylic acids is 1. The monoisotopic (exact) mass is 290 g/mol. The molecule has 0 unspecified atom stereocenters. The number of carbonyl (C=O) groups is 1. The highest BCUT2D eigenvalue weighted by Gasteiger charge is 2.58. The molecule has 116 valence electrons. The lowest BCUT2D eigenvalue weighted by molar-refractivity contribution is -0.116. The molecule has 0 aromatic heterocycles. The Bertz CT molecular complexity index is 497. The van der Waals surface area contributed by atoms with Crippen molar-refractivity contribution in [1.29, 1.82) is 0 Å². The minimum Gasteiger partial charge on any atom is -0.390 e. The smallest absolute Gasteiger partial charge is 0.155 e. The van der Waals surface area contributed by atoms with E-state index in [2.05, 4.69) is 6.92 Å². The predicted octanol–water partition coefficient (Wildman–Crippen LogP) is 2.46. The summed E-state index contributed by atoms with van der Waals surface area (Å²) in [5.74, 6) is 2.67. The average molecular weight is 290 g/mol. The third-order valence-corrected chi connectivity index (χ3v) is 7.27. The Hall–Kier alpha value is -0.670. The van der Waals surface area contributed by atoms with Crippen LogP contribution < -0.4 is 0 Å². The van der Waals surface area contributed by atoms with Crippen molar-refractivity contribution in [1.82, 2.24) is 0 Å². The highest BCUT2D eigenvalue weighted by atomic mass is 16.3. The maximum atomic E-state index is 11.7. The van der Waals surface area contributed by atoms with Crippen LogP contribution in [0.2, 0.25) is 0 Å². The van der Waals surface area contributed by atoms with Crippen molar-refractivity contribution in [2.75, 3.05) is 0 Å². The first kappa shape index (κ1) is 14.0. The fourth-order valence-corrected chi connectivity index (χ4v) is 6.17. The zero-order chi connectivity index (χ0) is 14.8. The maximum absolute atomic E-state index is 11.7. The lowest BCUT2D eigenvalue weighted by atomic mass is 9.52. The molecule has 7 atom stereocenters. The van der Waals surface area contributed by atoms with Gasteiger partial charge in [-0.1, -0.05) is 12.5 Å². The predicted molar refractivity (Wildman–Crippen MR) is 79.5 cm³/mol. The van der Waals surface area contributed by atoms with Crippen molar-refractivity contribution >= 4 is 5.78 Å². The summed E-state index contributed by atoms with van der Waals surface area (Å²) >= 11 is 0. The SMILES string of the molecule is C[C@]12CC[C@H]3[C@@H](CCC4=CC(=O)CC[C@@H]43)[C@@H]1C[C@H](O)[C@@H]2O. The Morgan fingerprint density at radius 3 is 2.76 bits per heavy atom. The van der Waals surface area contributed by atoms with E-state index in [0.717, 1.165) is 38.5 Å². The van der Waals surface area contributed by atoms with Crippen molar-refractivity contribution in [2.45, 2.75) is 64.1 Å². The van der Waals surface area contributed by atoms with Crippen LogP contribution in [0.15, 0.2) is 11.6 Å². The van der Waals surface area contributed by atoms with Gasteiger partial charge < -0.3 is 10.2 Å². The largest absolute Gasteiger partial charge is 0.390 e. The Balaban J connectivity index is 1.64. The number of hydrogen-bond donors (Lipinski definition) is 2. The summed E-state index contributed by atoms with van der Waals surface area (Å²) in [4.78, 5) is 11.7. The van der Waals surface area contributed by atoms with Crippen LogP contribution in [0.25, 0.3) is 0 Å². The van der Waals surface area contributed by atoms with Crippen molar-refractivity contribution in [2.24, 2.45) is 29.1 Å². The number of hydrogen-bond acceptors (Lipinski definition) is 3. The highest BCUT2D eigenvalue weighted by molar-refractivity contribution is 5.91. The van der Waals surface area contributed by atoms with Gasteiger partial charge >= 0.3 is 0 Å². The summed E-state index contributed by atoms with van der Waals surface area (Å²) in [5.41, 5.74) is 1.31. The first-order valence-corrected chi connectivity index (χ1v) is 8.60. The van der Waals surface area contributed by atoms with E-state index < -0.39 is 12.2 Å². The lowest BCUT2D eigenvalue weighted by Gasteiger charge is -2.53. The summed E-state index contributed by atoms with van der Waals surface area (Å²) in [6.45, 7) is 2.19. The highest BCUT2D eigenvalue weighted by Crippen LogP contribution is 2.61. The number of aliphatic hydroxyl groups excluding tert-OH is 2. The molecule has 0 heterocycles. The van der Waals surface area contributed by atoms with E-state index >= 15 is 0 Å². The van der Waals surface area contributed by atoms with Gasteiger partial charge in [0.1, 0.15) is 0 Å². The van der Waals surface area contributed by atoms with Gasteiger partial charge in [0.2, 0.25) is 0 Å². The third kappa shape index (κ3) is 1.90. The lowest BCUT2D eigenvalue weighted by Crippen LogP contribution is -2.48. The quantitative estimate of drug-likeness (QED) is 0.720. The van der Waals surface area contributed by atoms with Gasteiger partial charge in [0, 0.05) is 6.42 Å². The first-order chi connectivity index (χ1) is 10.0. The molecule has 0 spiro atoms. The van der Waals surface area contributed by atoms with E-state index in [1.807, 2.05) is 6.08 Å². The van der Waals surface area contributed by atoms with Crippen molar-refractivity contribution in [3.8, 4) is 0 Å². The molecule has 0 amide bonds. The van der Waals surface area contributed by atoms with E-state index in [1.165, 1.54) is 5.57 Å². The molecule has 3 fully saturated rings. The second-order valence-corrected chi connectivity index (χ2v) is 8.10. The van der Waals surface area contributed by atoms with Crippen molar-refractivity contribution in [3.05, 3.63) is 11.6 Å². The summed E-state index contributed by atoms with van der Waals surface area (Å²) in [6.07, 6.45) is 7.71. The molecule has 3 nitrogen and oxygen atoms in total. The topological polar surface area (TPSA) is 57.5 Å². The van der Waals surface area contributed by atoms with Crippen LogP contribution >= 0.6 is 0 Å². The first-order valence-electron chi connectivity index (χ1n) is 8.60. The zero-order valence-corrected chi connectivity index (χ0v) is 12.8. The van der Waals surface area contributed by atoms with Crippen LogP contribution in [0.1, 0.15) is 51.9 Å². The van der Waals surface area contributed by atoms with Crippen molar-refractivity contribution in [3.63, 3.8) is 0 Å². The molecule has 0 aromatic rings. The molecule has 0 radical (unpaired) electrons. The normalized spacial score (nSPS) is 52.7. The minimum atomic E-state index is -0.548. The summed E-state index contributed by atoms with van der Waals surface area (Å²) in [7, 11) is 0. The van der Waals surface area contributed by atoms with Crippen LogP contribution in [0.3, 0.4) is 0 Å². The van der Waals surface area contributed by atoms with E-state index in [1.54, 1.807) is 0 Å². The second kappa shape index (κ2) is 4.66. The fraction of sp³-hybridized carbons (Fsp3) is 0.833. The molecule has 3 saturated carbocycles. The van der Waals surface area contributed by atoms with Gasteiger partial charge in [0.15, 0.2) is 5.78 Å². The van der Waals surface area contributed by atoms with E-state index in [-0.39, 0.29) is 5.41 Å². The van der Waals surface area contributed by atoms with Gasteiger partial charge in [0.05, 0.1) is 12.2 Å². The van der Waals surface area contributed by atoms with Crippen LogP contribution in [0, 0.1) is 29.1 Å². The average Bonchev–Trinajstić information content (AvgIpc) is 2.70. The fourth-order valence-electron chi connectivity index (χ4n) is 6.17. The van der Waals surface area contributed by atoms with E-state index in [0.29, 0.717) is 35.9 Å². The molecule has 0 bridgehead atoms. The van der Waals surface area contributed by atoms with Crippen LogP contribution in [0.4, 0.5) is 0 Å². The maximum Gasteiger partial charge on any atom is 0.155 e. The van der Waals surface area contributed by atoms with Crippen LogP contribution in [-0.2, 0) is 4.79 Å². The molecule has 0 aliphatic heterocycles. The standard InChI is InChI=1S/C18H26O3/c1-18-7-6-13-12-5-3-11(19)8-10(12)2-4-14(13)15(18)9-16(20)17(18)21/h8,12-17,20-21H,2-7,9H2,1H3/t12-,13+,14+,15-,16-,17-,18-/m0/s1. The zero-order valence-electron chi connectivity index (χ0n) is 12.8. The number of rotatable bonds is 0. The van der Waals surface area contributed by atoms with Gasteiger partial charge in [-0.25, -0.2) is 0 Å². The van der Waals surface area contributed by atoms with E-state index in [4.69, 9.17) is 0 Å². The van der Waals surface area contributed by atoms with Crippen molar-refractivity contribution < 1.29 is 15.0 Å². The summed E-state index contributed by atoms with van der Waals surface area (Å²) < 4.78 is 0. The van der Waals surface area contributed by atoms with Gasteiger partial charge in [-0.2, -0.15) is 0 Å². The van der Waals surface area contributed by atoms with Gasteiger partial charge in [-0.05, 0) is 73.7 Å². The molecule has 21 heavy (non-hydrogen) atoms. The molecule has 4 aliphatic rings. The third-order valence-electron chi connectivity index (χ3n) is 7.27. The number of aliphatic hydroxyl groups is 2. The Morgan fingerprint density at radius 1 is 1.14 bits per heavy atom. The van der Waals surface area contributed by atoms with Gasteiger partial charge in [-0.3, -0.25) is 4.79 Å². The molecule has 0 aromatic carbocycles. The number of allylic oxidation sites excluding steroid dienone is 1. The minimum absolute atomic E-state index is 0.0910. The Kier molecular flexibility index (Phi) is 3.10. The van der Waals surface area contributed by atoms with Crippen LogP contribution in [-0.4, -0.2) is 28.2 Å². The van der Waals surface area contributed by atoms with Gasteiger partial charge in [0.25, 0.3) is 0 Å². The Morgan fingerprint density at radius 2 is 1.95 bits per heavy atom.